The predicted octanol–water partition coefficient (Wildman–Crippen LogP) is 3.30. The number of carbonyl (C=O) groups is 1. The molecule has 1 fully saturated rings. The fourth-order valence-corrected chi connectivity index (χ4v) is 3.68. The molecular formula is C19H20Cl2N4O2. The van der Waals surface area contributed by atoms with Gasteiger partial charge in [-0.25, -0.2) is 4.98 Å². The van der Waals surface area contributed by atoms with E-state index in [1.54, 1.807) is 12.3 Å². The van der Waals surface area contributed by atoms with E-state index in [-0.39, 0.29) is 5.91 Å². The Morgan fingerprint density at radius 1 is 1.15 bits per heavy atom. The van der Waals surface area contributed by atoms with Gasteiger partial charge in [-0.2, -0.15) is 0 Å². The van der Waals surface area contributed by atoms with E-state index in [4.69, 9.17) is 27.9 Å². The quantitative estimate of drug-likeness (QED) is 0.843. The van der Waals surface area contributed by atoms with E-state index in [1.807, 2.05) is 24.3 Å². The van der Waals surface area contributed by atoms with E-state index in [0.29, 0.717) is 28.0 Å². The summed E-state index contributed by atoms with van der Waals surface area (Å²) < 4.78 is 5.81. The number of ether oxygens (including phenoxy) is 1. The van der Waals surface area contributed by atoms with E-state index < -0.39 is 6.10 Å². The van der Waals surface area contributed by atoms with Crippen molar-refractivity contribution in [3.63, 3.8) is 0 Å². The van der Waals surface area contributed by atoms with Crippen molar-refractivity contribution in [3.8, 4) is 5.75 Å². The Balaban J connectivity index is 1.28. The van der Waals surface area contributed by atoms with Crippen LogP contribution in [0.4, 0.5) is 11.5 Å². The Bertz CT molecular complexity index is 840. The summed E-state index contributed by atoms with van der Waals surface area (Å²) in [6, 6.07) is 9.36. The minimum atomic E-state index is -0.477. The molecule has 1 aromatic carbocycles. The molecule has 1 aromatic heterocycles. The Morgan fingerprint density at radius 3 is 2.74 bits per heavy atom. The van der Waals surface area contributed by atoms with E-state index >= 15 is 0 Å². The van der Waals surface area contributed by atoms with Gasteiger partial charge in [0.1, 0.15) is 0 Å². The van der Waals surface area contributed by atoms with Crippen LogP contribution in [0.5, 0.6) is 5.75 Å². The molecule has 2 aliphatic rings. The van der Waals surface area contributed by atoms with Crippen LogP contribution < -0.4 is 15.0 Å². The molecule has 1 saturated heterocycles. The fraction of sp³-hybridized carbons (Fsp3) is 0.368. The lowest BCUT2D eigenvalue weighted by Crippen LogP contribution is -2.48. The van der Waals surface area contributed by atoms with Gasteiger partial charge in [-0.3, -0.25) is 9.69 Å². The summed E-state index contributed by atoms with van der Waals surface area (Å²) in [5.74, 6) is 0.996. The van der Waals surface area contributed by atoms with Gasteiger partial charge in [-0.1, -0.05) is 23.2 Å². The van der Waals surface area contributed by atoms with Gasteiger partial charge in [0, 0.05) is 51.0 Å². The molecule has 0 bridgehead atoms. The number of anilines is 2. The van der Waals surface area contributed by atoms with E-state index in [0.717, 1.165) is 38.4 Å². The molecule has 1 amide bonds. The number of hydrogen-bond acceptors (Lipinski definition) is 5. The van der Waals surface area contributed by atoms with Gasteiger partial charge in [0.2, 0.25) is 0 Å². The summed E-state index contributed by atoms with van der Waals surface area (Å²) in [7, 11) is 0. The maximum absolute atomic E-state index is 12.2. The molecule has 0 saturated carbocycles. The number of aromatic nitrogens is 1. The molecule has 1 atom stereocenters. The third-order valence-electron chi connectivity index (χ3n) is 4.92. The summed E-state index contributed by atoms with van der Waals surface area (Å²) in [6.45, 7) is 4.47. The zero-order valence-corrected chi connectivity index (χ0v) is 16.2. The van der Waals surface area contributed by atoms with Crippen molar-refractivity contribution in [2.24, 2.45) is 0 Å². The highest BCUT2D eigenvalue weighted by Crippen LogP contribution is 2.29. The fourth-order valence-electron chi connectivity index (χ4n) is 3.38. The van der Waals surface area contributed by atoms with Crippen LogP contribution in [0.15, 0.2) is 36.5 Å². The zero-order chi connectivity index (χ0) is 18.8. The maximum atomic E-state index is 12.2. The average molecular weight is 407 g/mol. The SMILES string of the molecule is O=C1Nc2ncccc2O[C@H]1CCN1CCN(c2ccc(Cl)c(Cl)c2)CC1. The molecule has 4 rings (SSSR count). The molecule has 27 heavy (non-hydrogen) atoms. The molecule has 142 valence electrons. The normalized spacial score (nSPS) is 20.0. The van der Waals surface area contributed by atoms with Crippen LogP contribution in [0.1, 0.15) is 6.42 Å². The number of amides is 1. The number of nitrogens with zero attached hydrogens (tertiary/aromatic N) is 3. The Morgan fingerprint density at radius 2 is 1.96 bits per heavy atom. The number of halogens is 2. The van der Waals surface area contributed by atoms with E-state index in [9.17, 15) is 4.79 Å². The zero-order valence-electron chi connectivity index (χ0n) is 14.7. The van der Waals surface area contributed by atoms with Crippen molar-refractivity contribution in [1.82, 2.24) is 9.88 Å². The highest BCUT2D eigenvalue weighted by molar-refractivity contribution is 6.42. The molecule has 1 N–H and O–H groups in total. The Labute approximate surface area is 168 Å². The van der Waals surface area contributed by atoms with Crippen molar-refractivity contribution in [1.29, 1.82) is 0 Å². The number of nitrogens with one attached hydrogen (secondary N) is 1. The number of piperazine rings is 1. The van der Waals surface area contributed by atoms with Crippen LogP contribution >= 0.6 is 23.2 Å². The second kappa shape index (κ2) is 7.92. The van der Waals surface area contributed by atoms with E-state index in [1.165, 1.54) is 0 Å². The number of carbonyl (C=O) groups excluding carboxylic acids is 1. The van der Waals surface area contributed by atoms with Gasteiger partial charge in [0.05, 0.1) is 10.0 Å². The minimum Gasteiger partial charge on any atom is -0.477 e. The predicted molar refractivity (Wildman–Crippen MR) is 107 cm³/mol. The summed E-state index contributed by atoms with van der Waals surface area (Å²) in [4.78, 5) is 21.0. The molecule has 3 heterocycles. The van der Waals surface area contributed by atoms with Crippen LogP contribution in [0.3, 0.4) is 0 Å². The first-order valence-corrected chi connectivity index (χ1v) is 9.70. The second-order valence-electron chi connectivity index (χ2n) is 6.66. The van der Waals surface area contributed by atoms with Crippen molar-refractivity contribution < 1.29 is 9.53 Å². The van der Waals surface area contributed by atoms with Gasteiger partial charge in [0.25, 0.3) is 5.91 Å². The van der Waals surface area contributed by atoms with Crippen LogP contribution in [0.25, 0.3) is 0 Å². The molecular weight excluding hydrogens is 387 g/mol. The van der Waals surface area contributed by atoms with Gasteiger partial charge in [0.15, 0.2) is 17.7 Å². The van der Waals surface area contributed by atoms with Crippen LogP contribution in [-0.2, 0) is 4.79 Å². The standard InChI is InChI=1S/C19H20Cl2N4O2/c20-14-4-3-13(12-15(14)21)25-10-8-24(9-11-25)7-5-17-19(26)23-18-16(27-17)2-1-6-22-18/h1-4,6,12,17H,5,7-11H2,(H,22,23,26)/t17-/m0/s1. The van der Waals surface area contributed by atoms with Crippen LogP contribution in [0.2, 0.25) is 10.0 Å². The first kappa shape index (κ1) is 18.3. The summed E-state index contributed by atoms with van der Waals surface area (Å²) in [5, 5.41) is 3.96. The maximum Gasteiger partial charge on any atom is 0.266 e. The summed E-state index contributed by atoms with van der Waals surface area (Å²) in [5.41, 5.74) is 1.09. The molecule has 2 aliphatic heterocycles. The third kappa shape index (κ3) is 4.13. The van der Waals surface area contributed by atoms with E-state index in [2.05, 4.69) is 20.1 Å². The van der Waals surface area contributed by atoms with Gasteiger partial charge in [-0.05, 0) is 30.3 Å². The Hall–Kier alpha value is -2.02. The number of benzene rings is 1. The molecule has 6 nitrogen and oxygen atoms in total. The second-order valence-corrected chi connectivity index (χ2v) is 7.48. The van der Waals surface area contributed by atoms with Crippen LogP contribution in [0, 0.1) is 0 Å². The molecule has 0 unspecified atom stereocenters. The summed E-state index contributed by atoms with van der Waals surface area (Å²) in [6.07, 6.45) is 1.80. The molecule has 0 spiro atoms. The van der Waals surface area contributed by atoms with Gasteiger partial charge < -0.3 is 15.0 Å². The third-order valence-corrected chi connectivity index (χ3v) is 5.66. The topological polar surface area (TPSA) is 57.7 Å². The number of pyridine rings is 1. The molecule has 2 aromatic rings. The number of rotatable bonds is 4. The van der Waals surface area contributed by atoms with Gasteiger partial charge >= 0.3 is 0 Å². The average Bonchev–Trinajstić information content (AvgIpc) is 2.69. The Kier molecular flexibility index (Phi) is 5.38. The highest BCUT2D eigenvalue weighted by Gasteiger charge is 2.29. The van der Waals surface area contributed by atoms with Gasteiger partial charge in [-0.15, -0.1) is 0 Å². The van der Waals surface area contributed by atoms with Crippen molar-refractivity contribution in [3.05, 3.63) is 46.6 Å². The van der Waals surface area contributed by atoms with Crippen molar-refractivity contribution >= 4 is 40.6 Å². The first-order chi connectivity index (χ1) is 13.1. The highest BCUT2D eigenvalue weighted by atomic mass is 35.5. The number of hydrogen-bond donors (Lipinski definition) is 1. The van der Waals surface area contributed by atoms with Crippen LogP contribution in [-0.4, -0.2) is 54.6 Å². The molecule has 0 radical (unpaired) electrons. The lowest BCUT2D eigenvalue weighted by Gasteiger charge is -2.37. The monoisotopic (exact) mass is 406 g/mol. The molecule has 0 aliphatic carbocycles. The lowest BCUT2D eigenvalue weighted by atomic mass is 10.1. The smallest absolute Gasteiger partial charge is 0.266 e. The van der Waals surface area contributed by atoms with Crippen molar-refractivity contribution in [2.45, 2.75) is 12.5 Å². The minimum absolute atomic E-state index is 0.129. The van der Waals surface area contributed by atoms with Crippen molar-refractivity contribution in [2.75, 3.05) is 42.9 Å². The summed E-state index contributed by atoms with van der Waals surface area (Å²) >= 11 is 12.1. The number of fused-ring (bicyclic) bond motifs is 1. The largest absolute Gasteiger partial charge is 0.477 e. The molecule has 8 heteroatoms. The lowest BCUT2D eigenvalue weighted by molar-refractivity contribution is -0.124. The first-order valence-electron chi connectivity index (χ1n) is 8.95.